The molecule has 3 heterocycles. The minimum atomic E-state index is -0.294. The van der Waals surface area contributed by atoms with E-state index in [1.54, 1.807) is 13.0 Å². The third-order valence-corrected chi connectivity index (χ3v) is 5.49. The Morgan fingerprint density at radius 3 is 2.88 bits per heavy atom. The maximum atomic E-state index is 13.7. The molecule has 2 aliphatic heterocycles. The Kier molecular flexibility index (Phi) is 3.95. The fourth-order valence-corrected chi connectivity index (χ4v) is 4.23. The summed E-state index contributed by atoms with van der Waals surface area (Å²) in [5.41, 5.74) is 1.72. The highest BCUT2D eigenvalue weighted by Crippen LogP contribution is 2.42. The second-order valence-electron chi connectivity index (χ2n) is 6.99. The minimum Gasteiger partial charge on any atom is -0.335 e. The number of H-pyrrole nitrogens is 2. The van der Waals surface area contributed by atoms with E-state index >= 15 is 0 Å². The molecular weight excluding hydrogens is 323 g/mol. The van der Waals surface area contributed by atoms with Crippen LogP contribution in [0, 0.1) is 24.6 Å². The van der Waals surface area contributed by atoms with Gasteiger partial charge in [0.25, 0.3) is 5.56 Å². The number of nitrogens with zero attached hydrogens (tertiary/aromatic N) is 1. The average molecular weight is 344 g/mol. The molecule has 2 aromatic rings. The third kappa shape index (κ3) is 2.78. The lowest BCUT2D eigenvalue weighted by Crippen LogP contribution is -2.36. The van der Waals surface area contributed by atoms with Gasteiger partial charge in [-0.25, -0.2) is 4.39 Å². The molecule has 2 aliphatic rings. The monoisotopic (exact) mass is 344 g/mol. The van der Waals surface area contributed by atoms with Crippen LogP contribution in [0.25, 0.3) is 0 Å². The minimum absolute atomic E-state index is 0.0589. The quantitative estimate of drug-likeness (QED) is 0.780. The molecule has 4 rings (SSSR count). The summed E-state index contributed by atoms with van der Waals surface area (Å²) in [7, 11) is 0. The van der Waals surface area contributed by atoms with Gasteiger partial charge in [-0.05, 0) is 30.5 Å². The van der Waals surface area contributed by atoms with Crippen molar-refractivity contribution in [2.75, 3.05) is 19.6 Å². The Morgan fingerprint density at radius 2 is 2.16 bits per heavy atom. The Labute approximate surface area is 144 Å². The van der Waals surface area contributed by atoms with Crippen LogP contribution in [0.5, 0.6) is 0 Å². The van der Waals surface area contributed by atoms with E-state index in [1.807, 2.05) is 11.0 Å². The van der Waals surface area contributed by atoms with E-state index in [2.05, 4.69) is 15.5 Å². The third-order valence-electron chi connectivity index (χ3n) is 5.49. The molecule has 0 saturated carbocycles. The summed E-state index contributed by atoms with van der Waals surface area (Å²) in [4.78, 5) is 26.7. The first-order valence-corrected chi connectivity index (χ1v) is 8.56. The van der Waals surface area contributed by atoms with Crippen LogP contribution in [0.1, 0.15) is 22.9 Å². The number of aromatic amines is 2. The van der Waals surface area contributed by atoms with Gasteiger partial charge in [0.15, 0.2) is 0 Å². The van der Waals surface area contributed by atoms with Gasteiger partial charge in [0, 0.05) is 36.8 Å². The molecule has 0 bridgehead atoms. The number of halogens is 1. The molecule has 3 N–H and O–H groups in total. The molecule has 0 unspecified atom stereocenters. The zero-order chi connectivity index (χ0) is 17.6. The number of amides is 1. The van der Waals surface area contributed by atoms with E-state index < -0.39 is 0 Å². The number of carbonyl (C=O) groups excluding carboxylic acids is 1. The topological polar surface area (TPSA) is 81.0 Å². The standard InChI is InChI=1S/C18H21FN4O2/c1-10-14(18(25)22-21-10)6-16(24)23-9-12-7-20-8-15(12)17(23)11-3-2-4-13(19)5-11/h2-5,12,15,17,20H,6-9H2,1H3,(H2,21,22,25)/t12-,15-,17+/m0/s1. The van der Waals surface area contributed by atoms with Crippen LogP contribution in [0.4, 0.5) is 4.39 Å². The molecule has 2 fully saturated rings. The Bertz CT molecular complexity index is 859. The van der Waals surface area contributed by atoms with E-state index in [0.717, 1.165) is 18.7 Å². The fraction of sp³-hybridized carbons (Fsp3) is 0.444. The van der Waals surface area contributed by atoms with Crippen LogP contribution in [-0.4, -0.2) is 40.6 Å². The lowest BCUT2D eigenvalue weighted by atomic mass is 9.89. The molecule has 1 aromatic carbocycles. The number of hydrogen-bond acceptors (Lipinski definition) is 3. The number of rotatable bonds is 3. The Morgan fingerprint density at radius 1 is 1.32 bits per heavy atom. The van der Waals surface area contributed by atoms with Gasteiger partial charge in [-0.3, -0.25) is 14.7 Å². The van der Waals surface area contributed by atoms with Gasteiger partial charge in [0.2, 0.25) is 5.91 Å². The molecule has 2 saturated heterocycles. The van der Waals surface area contributed by atoms with Gasteiger partial charge >= 0.3 is 0 Å². The molecule has 132 valence electrons. The SMILES string of the molecule is Cc1[nH][nH]c(=O)c1CC(=O)N1C[C@@H]2CNC[C@@H]2[C@H]1c1cccc(F)c1. The van der Waals surface area contributed by atoms with Crippen LogP contribution in [0.2, 0.25) is 0 Å². The summed E-state index contributed by atoms with van der Waals surface area (Å²) in [6, 6.07) is 6.34. The average Bonchev–Trinajstić information content (AvgIpc) is 3.25. The van der Waals surface area contributed by atoms with Gasteiger partial charge < -0.3 is 15.3 Å². The Hall–Kier alpha value is -2.41. The van der Waals surface area contributed by atoms with Crippen molar-refractivity contribution in [3.05, 3.63) is 57.3 Å². The highest BCUT2D eigenvalue weighted by molar-refractivity contribution is 5.80. The fourth-order valence-electron chi connectivity index (χ4n) is 4.23. The number of nitrogens with one attached hydrogen (secondary N) is 3. The second-order valence-corrected chi connectivity index (χ2v) is 6.99. The molecule has 25 heavy (non-hydrogen) atoms. The highest BCUT2D eigenvalue weighted by Gasteiger charge is 2.46. The number of aryl methyl sites for hydroxylation is 1. The number of benzene rings is 1. The maximum absolute atomic E-state index is 13.7. The predicted octanol–water partition coefficient (Wildman–Crippen LogP) is 1.11. The molecule has 7 heteroatoms. The largest absolute Gasteiger partial charge is 0.335 e. The number of carbonyl (C=O) groups is 1. The first kappa shape index (κ1) is 16.1. The molecule has 1 aromatic heterocycles. The van der Waals surface area contributed by atoms with Crippen molar-refractivity contribution in [1.29, 1.82) is 0 Å². The van der Waals surface area contributed by atoms with Crippen molar-refractivity contribution in [3.63, 3.8) is 0 Å². The van der Waals surface area contributed by atoms with Gasteiger partial charge in [0.1, 0.15) is 5.82 Å². The van der Waals surface area contributed by atoms with Crippen molar-refractivity contribution >= 4 is 5.91 Å². The van der Waals surface area contributed by atoms with Crippen molar-refractivity contribution in [3.8, 4) is 0 Å². The molecule has 1 amide bonds. The predicted molar refractivity (Wildman–Crippen MR) is 90.6 cm³/mol. The van der Waals surface area contributed by atoms with Gasteiger partial charge in [-0.1, -0.05) is 12.1 Å². The smallest absolute Gasteiger partial charge is 0.267 e. The normalized spacial score (nSPS) is 25.4. The van der Waals surface area contributed by atoms with Crippen LogP contribution in [0.15, 0.2) is 29.1 Å². The van der Waals surface area contributed by atoms with Crippen LogP contribution < -0.4 is 10.9 Å². The molecule has 0 radical (unpaired) electrons. The maximum Gasteiger partial charge on any atom is 0.267 e. The summed E-state index contributed by atoms with van der Waals surface area (Å²) >= 11 is 0. The van der Waals surface area contributed by atoms with E-state index in [9.17, 15) is 14.0 Å². The van der Waals surface area contributed by atoms with Crippen molar-refractivity contribution in [2.45, 2.75) is 19.4 Å². The number of hydrogen-bond donors (Lipinski definition) is 3. The van der Waals surface area contributed by atoms with E-state index in [-0.39, 0.29) is 35.7 Å². The summed E-state index contributed by atoms with van der Waals surface area (Å²) in [6.45, 7) is 4.09. The number of fused-ring (bicyclic) bond motifs is 1. The summed E-state index contributed by atoms with van der Waals surface area (Å²) < 4.78 is 13.7. The Balaban J connectivity index is 1.65. The zero-order valence-electron chi connectivity index (χ0n) is 14.0. The van der Waals surface area contributed by atoms with Crippen LogP contribution in [-0.2, 0) is 11.2 Å². The summed E-state index contributed by atoms with van der Waals surface area (Å²) in [5, 5.41) is 8.64. The van der Waals surface area contributed by atoms with Gasteiger partial charge in [-0.2, -0.15) is 0 Å². The van der Waals surface area contributed by atoms with Gasteiger partial charge in [0.05, 0.1) is 12.5 Å². The molecule has 6 nitrogen and oxygen atoms in total. The zero-order valence-corrected chi connectivity index (χ0v) is 14.0. The van der Waals surface area contributed by atoms with Crippen molar-refractivity contribution < 1.29 is 9.18 Å². The molecule has 0 spiro atoms. The number of aromatic nitrogens is 2. The summed E-state index contributed by atoms with van der Waals surface area (Å²) in [5.74, 6) is 0.258. The molecule has 3 atom stereocenters. The first-order valence-electron chi connectivity index (χ1n) is 8.56. The molecule has 0 aliphatic carbocycles. The lowest BCUT2D eigenvalue weighted by Gasteiger charge is -2.28. The summed E-state index contributed by atoms with van der Waals surface area (Å²) in [6.07, 6.45) is 0.0589. The second kappa shape index (κ2) is 6.15. The molecular formula is C18H21FN4O2. The number of likely N-dealkylation sites (tertiary alicyclic amines) is 1. The lowest BCUT2D eigenvalue weighted by molar-refractivity contribution is -0.132. The van der Waals surface area contributed by atoms with Gasteiger partial charge in [-0.15, -0.1) is 0 Å². The van der Waals surface area contributed by atoms with E-state index in [0.29, 0.717) is 23.7 Å². The highest BCUT2D eigenvalue weighted by atomic mass is 19.1. The van der Waals surface area contributed by atoms with Crippen molar-refractivity contribution in [2.24, 2.45) is 11.8 Å². The van der Waals surface area contributed by atoms with E-state index in [1.165, 1.54) is 12.1 Å². The first-order chi connectivity index (χ1) is 12.0. The van der Waals surface area contributed by atoms with Crippen LogP contribution >= 0.6 is 0 Å². The van der Waals surface area contributed by atoms with Crippen LogP contribution in [0.3, 0.4) is 0 Å². The van der Waals surface area contributed by atoms with E-state index in [4.69, 9.17) is 0 Å². The van der Waals surface area contributed by atoms with Crippen molar-refractivity contribution in [1.82, 2.24) is 20.4 Å².